The highest BCUT2D eigenvalue weighted by atomic mass is 16.5. The summed E-state index contributed by atoms with van der Waals surface area (Å²) in [7, 11) is 0. The number of amides is 5. The number of likely N-dealkylation sites (tertiary alicyclic amines) is 1. The van der Waals surface area contributed by atoms with Gasteiger partial charge < -0.3 is 36.4 Å². The van der Waals surface area contributed by atoms with Crippen LogP contribution in [0.5, 0.6) is 0 Å². The van der Waals surface area contributed by atoms with E-state index in [-0.39, 0.29) is 24.9 Å². The van der Waals surface area contributed by atoms with Crippen LogP contribution < -0.4 is 21.7 Å². The van der Waals surface area contributed by atoms with Crippen LogP contribution in [0.4, 0.5) is 4.79 Å². The molecule has 1 aliphatic heterocycles. The van der Waals surface area contributed by atoms with Gasteiger partial charge in [0.05, 0.1) is 12.5 Å². The Kier molecular flexibility index (Phi) is 12.6. The third kappa shape index (κ3) is 10.5. The van der Waals surface area contributed by atoms with Gasteiger partial charge in [-0.3, -0.25) is 19.2 Å². The lowest BCUT2D eigenvalue weighted by molar-refractivity contribution is -0.154. The Morgan fingerprint density at radius 2 is 1.52 bits per heavy atom. The molecule has 1 saturated carbocycles. The Hall–Kier alpha value is -4.45. The lowest BCUT2D eigenvalue weighted by Gasteiger charge is -2.47. The lowest BCUT2D eigenvalue weighted by Crippen LogP contribution is -2.63. The number of alkyl carbamates (subject to hydrolysis) is 1. The predicted octanol–water partition coefficient (Wildman–Crippen LogP) is 2.57. The highest BCUT2D eigenvalue weighted by Crippen LogP contribution is 2.39. The smallest absolute Gasteiger partial charge is 0.408 e. The van der Waals surface area contributed by atoms with E-state index in [2.05, 4.69) is 16.0 Å². The molecule has 12 nitrogen and oxygen atoms in total. The Labute approximate surface area is 282 Å². The Morgan fingerprint density at radius 3 is 2.12 bits per heavy atom. The van der Waals surface area contributed by atoms with Gasteiger partial charge in [0, 0.05) is 12.1 Å². The molecule has 12 heteroatoms. The lowest BCUT2D eigenvalue weighted by atomic mass is 9.72. The highest BCUT2D eigenvalue weighted by Gasteiger charge is 2.45. The number of hydrogen-bond acceptors (Lipinski definition) is 7. The van der Waals surface area contributed by atoms with Crippen LogP contribution >= 0.6 is 0 Å². The molecule has 1 aliphatic carbocycles. The molecule has 6 atom stereocenters. The molecule has 1 saturated heterocycles. The standard InChI is InChI=1S/C36H49N5O7/c1-36(2,3)40-33(45)29-19-25-16-10-11-17-26(25)21-41(29)34(46)31(43)27(18-23-12-6-4-7-13-23)38-32(44)28(20-30(37)42)39-35(47)48-22-24-14-8-5-9-15-24/h4-9,12-15,25-29,31,43H,10-11,16-22H2,1-3H3,(H2,37,42)(H,38,44)(H,39,47)(H,40,45)/t25-,26+,27+,28+,29+,31+/m1/s1. The van der Waals surface area contributed by atoms with Crippen LogP contribution in [0.3, 0.4) is 0 Å². The van der Waals surface area contributed by atoms with Crippen LogP contribution in [0, 0.1) is 11.8 Å². The van der Waals surface area contributed by atoms with Crippen molar-refractivity contribution in [1.29, 1.82) is 0 Å². The van der Waals surface area contributed by atoms with Gasteiger partial charge in [0.15, 0.2) is 6.10 Å². The molecule has 0 unspecified atom stereocenters. The number of aliphatic hydroxyl groups is 1. The van der Waals surface area contributed by atoms with Crippen molar-refractivity contribution in [3.8, 4) is 0 Å². The summed E-state index contributed by atoms with van der Waals surface area (Å²) in [5, 5.41) is 19.8. The molecule has 5 amide bonds. The zero-order valence-corrected chi connectivity index (χ0v) is 28.0. The Morgan fingerprint density at radius 1 is 0.917 bits per heavy atom. The summed E-state index contributed by atoms with van der Waals surface area (Å²) in [5.74, 6) is -2.12. The third-order valence-electron chi connectivity index (χ3n) is 8.97. The molecule has 6 N–H and O–H groups in total. The molecule has 0 spiro atoms. The van der Waals surface area contributed by atoms with E-state index in [1.54, 1.807) is 48.5 Å². The molecule has 0 aromatic heterocycles. The fourth-order valence-electron chi connectivity index (χ4n) is 6.63. The SMILES string of the molecule is CC(C)(C)NC(=O)[C@@H]1C[C@H]2CCCC[C@H]2CN1C(=O)[C@@H](O)[C@H](Cc1ccccc1)NC(=O)[C@H](CC(N)=O)NC(=O)OCc1ccccc1. The second kappa shape index (κ2) is 16.6. The number of primary amides is 1. The van der Waals surface area contributed by atoms with E-state index in [4.69, 9.17) is 10.5 Å². The van der Waals surface area contributed by atoms with Crippen LogP contribution in [-0.2, 0) is 36.9 Å². The fourth-order valence-corrected chi connectivity index (χ4v) is 6.63. The minimum absolute atomic E-state index is 0.0555. The number of nitrogens with two attached hydrogens (primary N) is 1. The van der Waals surface area contributed by atoms with Crippen molar-refractivity contribution in [3.05, 3.63) is 71.8 Å². The first-order chi connectivity index (χ1) is 22.8. The number of hydrogen-bond donors (Lipinski definition) is 5. The number of aliphatic hydroxyl groups excluding tert-OH is 1. The maximum atomic E-state index is 14.2. The van der Waals surface area contributed by atoms with E-state index < -0.39 is 60.0 Å². The largest absolute Gasteiger partial charge is 0.445 e. The number of rotatable bonds is 12. The topological polar surface area (TPSA) is 180 Å². The second-order valence-electron chi connectivity index (χ2n) is 14.0. The molecule has 2 aromatic rings. The quantitative estimate of drug-likeness (QED) is 0.231. The number of nitrogens with one attached hydrogen (secondary N) is 3. The van der Waals surface area contributed by atoms with Gasteiger partial charge in [-0.1, -0.05) is 79.9 Å². The van der Waals surface area contributed by atoms with E-state index in [1.807, 2.05) is 32.9 Å². The van der Waals surface area contributed by atoms with Crippen molar-refractivity contribution in [2.75, 3.05) is 6.54 Å². The number of piperidine rings is 1. The normalized spacial score (nSPS) is 21.1. The first-order valence-corrected chi connectivity index (χ1v) is 16.7. The van der Waals surface area contributed by atoms with Gasteiger partial charge in [-0.2, -0.15) is 0 Å². The van der Waals surface area contributed by atoms with Crippen LogP contribution in [0.1, 0.15) is 70.4 Å². The summed E-state index contributed by atoms with van der Waals surface area (Å²) in [5.41, 5.74) is 6.34. The average molecular weight is 664 g/mol. The first kappa shape index (κ1) is 36.4. The Balaban J connectivity index is 1.54. The molecule has 4 rings (SSSR count). The van der Waals surface area contributed by atoms with Crippen LogP contribution in [0.2, 0.25) is 0 Å². The minimum atomic E-state index is -1.74. The van der Waals surface area contributed by atoms with Crippen molar-refractivity contribution >= 4 is 29.7 Å². The fraction of sp³-hybridized carbons (Fsp3) is 0.528. The summed E-state index contributed by atoms with van der Waals surface area (Å²) in [6, 6.07) is 14.5. The zero-order chi connectivity index (χ0) is 34.8. The molecule has 2 fully saturated rings. The van der Waals surface area contributed by atoms with Gasteiger partial charge in [0.2, 0.25) is 17.7 Å². The molecule has 48 heavy (non-hydrogen) atoms. The zero-order valence-electron chi connectivity index (χ0n) is 28.0. The minimum Gasteiger partial charge on any atom is -0.445 e. The molecule has 0 bridgehead atoms. The van der Waals surface area contributed by atoms with Gasteiger partial charge in [-0.05, 0) is 63.0 Å². The van der Waals surface area contributed by atoms with E-state index in [0.29, 0.717) is 18.9 Å². The third-order valence-corrected chi connectivity index (χ3v) is 8.97. The van der Waals surface area contributed by atoms with Crippen molar-refractivity contribution in [3.63, 3.8) is 0 Å². The van der Waals surface area contributed by atoms with Gasteiger partial charge >= 0.3 is 6.09 Å². The van der Waals surface area contributed by atoms with Crippen LogP contribution in [0.25, 0.3) is 0 Å². The predicted molar refractivity (Wildman–Crippen MR) is 179 cm³/mol. The number of fused-ring (bicyclic) bond motifs is 1. The van der Waals surface area contributed by atoms with E-state index in [0.717, 1.165) is 36.8 Å². The number of nitrogens with zero attached hydrogens (tertiary/aromatic N) is 1. The average Bonchev–Trinajstić information content (AvgIpc) is 3.05. The molecule has 2 aliphatic rings. The summed E-state index contributed by atoms with van der Waals surface area (Å²) < 4.78 is 5.24. The summed E-state index contributed by atoms with van der Waals surface area (Å²) in [6.45, 7) is 5.88. The van der Waals surface area contributed by atoms with Crippen molar-refractivity contribution in [2.24, 2.45) is 17.6 Å². The van der Waals surface area contributed by atoms with Crippen molar-refractivity contribution < 1.29 is 33.8 Å². The monoisotopic (exact) mass is 663 g/mol. The second-order valence-corrected chi connectivity index (χ2v) is 14.0. The molecule has 260 valence electrons. The van der Waals surface area contributed by atoms with Crippen molar-refractivity contribution in [1.82, 2.24) is 20.9 Å². The number of carbonyl (C=O) groups is 5. The van der Waals surface area contributed by atoms with Gasteiger partial charge in [0.25, 0.3) is 5.91 Å². The van der Waals surface area contributed by atoms with Crippen LogP contribution in [-0.4, -0.2) is 76.0 Å². The maximum Gasteiger partial charge on any atom is 0.408 e. The first-order valence-electron chi connectivity index (χ1n) is 16.7. The maximum absolute atomic E-state index is 14.2. The molecule has 0 radical (unpaired) electrons. The Bertz CT molecular complexity index is 1410. The summed E-state index contributed by atoms with van der Waals surface area (Å²) in [4.78, 5) is 67.4. The van der Waals surface area contributed by atoms with E-state index in [9.17, 15) is 29.1 Å². The number of benzene rings is 2. The van der Waals surface area contributed by atoms with Gasteiger partial charge in [0.1, 0.15) is 18.7 Å². The highest BCUT2D eigenvalue weighted by molar-refractivity contribution is 5.93. The van der Waals surface area contributed by atoms with Gasteiger partial charge in [-0.15, -0.1) is 0 Å². The van der Waals surface area contributed by atoms with Crippen molar-refractivity contribution in [2.45, 2.75) is 102 Å². The molecular formula is C36H49N5O7. The van der Waals surface area contributed by atoms with Gasteiger partial charge in [-0.25, -0.2) is 4.79 Å². The molecule has 2 aromatic carbocycles. The molecule has 1 heterocycles. The summed E-state index contributed by atoms with van der Waals surface area (Å²) in [6.07, 6.45) is 1.37. The number of carbonyl (C=O) groups excluding carboxylic acids is 5. The summed E-state index contributed by atoms with van der Waals surface area (Å²) >= 11 is 0. The molecular weight excluding hydrogens is 614 g/mol. The number of ether oxygens (including phenoxy) is 1. The van der Waals surface area contributed by atoms with Crippen LogP contribution in [0.15, 0.2) is 60.7 Å². The van der Waals surface area contributed by atoms with E-state index in [1.165, 1.54) is 4.90 Å². The van der Waals surface area contributed by atoms with E-state index >= 15 is 0 Å².